The van der Waals surface area contributed by atoms with E-state index in [-0.39, 0.29) is 17.5 Å². The minimum Gasteiger partial charge on any atom is -0.383 e. The highest BCUT2D eigenvalue weighted by atomic mass is 32.2. The number of thiophene rings is 1. The number of rotatable bonds is 2. The summed E-state index contributed by atoms with van der Waals surface area (Å²) in [4.78, 5) is 11.8. The standard InChI is InChI=1S/C12H16N4O2S2/c1-8-7-20(17,18)5-3-16(8)6-10-14-11(13)9-2-4-19-12(9)15-10/h2,4,8H,3,5-7H2,1H3,(H2,13,14,15). The van der Waals surface area contributed by atoms with Crippen molar-refractivity contribution in [3.05, 3.63) is 17.3 Å². The van der Waals surface area contributed by atoms with E-state index in [0.717, 1.165) is 10.2 Å². The Morgan fingerprint density at radius 2 is 2.30 bits per heavy atom. The minimum atomic E-state index is -2.90. The maximum absolute atomic E-state index is 11.6. The van der Waals surface area contributed by atoms with Crippen LogP contribution in [0.5, 0.6) is 0 Å². The molecule has 1 saturated heterocycles. The van der Waals surface area contributed by atoms with Crippen molar-refractivity contribution in [2.75, 3.05) is 23.8 Å². The van der Waals surface area contributed by atoms with Gasteiger partial charge in [0.15, 0.2) is 9.84 Å². The van der Waals surface area contributed by atoms with Crippen LogP contribution in [0.4, 0.5) is 5.82 Å². The van der Waals surface area contributed by atoms with E-state index in [1.165, 1.54) is 11.3 Å². The summed E-state index contributed by atoms with van der Waals surface area (Å²) in [6.07, 6.45) is 0. The van der Waals surface area contributed by atoms with Crippen LogP contribution in [-0.4, -0.2) is 47.4 Å². The van der Waals surface area contributed by atoms with Crippen molar-refractivity contribution in [3.63, 3.8) is 0 Å². The van der Waals surface area contributed by atoms with Gasteiger partial charge in [-0.3, -0.25) is 4.90 Å². The van der Waals surface area contributed by atoms with E-state index in [1.54, 1.807) is 0 Å². The molecule has 0 aliphatic carbocycles. The van der Waals surface area contributed by atoms with Gasteiger partial charge in [0.2, 0.25) is 0 Å². The zero-order valence-electron chi connectivity index (χ0n) is 11.1. The predicted octanol–water partition coefficient (Wildman–Crippen LogP) is 0.892. The summed E-state index contributed by atoms with van der Waals surface area (Å²) in [5.41, 5.74) is 5.93. The number of nitrogens with zero attached hydrogens (tertiary/aromatic N) is 3. The average Bonchev–Trinajstić information content (AvgIpc) is 2.81. The summed E-state index contributed by atoms with van der Waals surface area (Å²) in [6, 6.07) is 1.90. The Bertz CT molecular complexity index is 741. The third kappa shape index (κ3) is 2.63. The molecule has 0 bridgehead atoms. The number of hydrogen-bond acceptors (Lipinski definition) is 7. The predicted molar refractivity (Wildman–Crippen MR) is 80.4 cm³/mol. The monoisotopic (exact) mass is 312 g/mol. The fourth-order valence-corrected chi connectivity index (χ4v) is 4.86. The van der Waals surface area contributed by atoms with Crippen LogP contribution in [0.25, 0.3) is 10.2 Å². The van der Waals surface area contributed by atoms with Crippen LogP contribution in [0.1, 0.15) is 12.7 Å². The number of hydrogen-bond donors (Lipinski definition) is 1. The third-order valence-electron chi connectivity index (χ3n) is 3.55. The highest BCUT2D eigenvalue weighted by Crippen LogP contribution is 2.23. The van der Waals surface area contributed by atoms with E-state index < -0.39 is 9.84 Å². The second kappa shape index (κ2) is 4.94. The number of aromatic nitrogens is 2. The summed E-state index contributed by atoms with van der Waals surface area (Å²) in [5.74, 6) is 1.55. The van der Waals surface area contributed by atoms with Crippen LogP contribution < -0.4 is 5.73 Å². The number of anilines is 1. The SMILES string of the molecule is CC1CS(=O)(=O)CCN1Cc1nc(N)c2ccsc2n1. The molecule has 1 unspecified atom stereocenters. The molecule has 2 aromatic rings. The first-order chi connectivity index (χ1) is 9.44. The van der Waals surface area contributed by atoms with Crippen LogP contribution in [0.2, 0.25) is 0 Å². The summed E-state index contributed by atoms with van der Waals surface area (Å²) >= 11 is 1.53. The molecule has 108 valence electrons. The smallest absolute Gasteiger partial charge is 0.153 e. The van der Waals surface area contributed by atoms with E-state index >= 15 is 0 Å². The Balaban J connectivity index is 1.83. The zero-order valence-corrected chi connectivity index (χ0v) is 12.7. The minimum absolute atomic E-state index is 0.0161. The molecule has 1 aliphatic heterocycles. The van der Waals surface area contributed by atoms with Crippen molar-refractivity contribution in [1.29, 1.82) is 0 Å². The van der Waals surface area contributed by atoms with Gasteiger partial charge in [-0.1, -0.05) is 0 Å². The topological polar surface area (TPSA) is 89.2 Å². The van der Waals surface area contributed by atoms with E-state index in [9.17, 15) is 8.42 Å². The second-order valence-electron chi connectivity index (χ2n) is 5.10. The summed E-state index contributed by atoms with van der Waals surface area (Å²) in [7, 11) is -2.90. The first kappa shape index (κ1) is 13.7. The van der Waals surface area contributed by atoms with Gasteiger partial charge in [0.1, 0.15) is 16.5 Å². The van der Waals surface area contributed by atoms with Gasteiger partial charge in [0, 0.05) is 12.6 Å². The van der Waals surface area contributed by atoms with Crippen molar-refractivity contribution in [2.24, 2.45) is 0 Å². The summed E-state index contributed by atoms with van der Waals surface area (Å²) in [6.45, 7) is 2.98. The zero-order chi connectivity index (χ0) is 14.3. The number of nitrogens with two attached hydrogens (primary N) is 1. The molecule has 3 heterocycles. The van der Waals surface area contributed by atoms with Crippen LogP contribution in [-0.2, 0) is 16.4 Å². The van der Waals surface area contributed by atoms with Gasteiger partial charge in [-0.25, -0.2) is 18.4 Å². The van der Waals surface area contributed by atoms with Gasteiger partial charge in [-0.2, -0.15) is 0 Å². The molecule has 3 rings (SSSR count). The maximum atomic E-state index is 11.6. The lowest BCUT2D eigenvalue weighted by Crippen LogP contribution is -2.46. The third-order valence-corrected chi connectivity index (χ3v) is 6.15. The molecule has 0 radical (unpaired) electrons. The molecular formula is C12H16N4O2S2. The molecule has 1 atom stereocenters. The molecular weight excluding hydrogens is 296 g/mol. The number of nitrogen functional groups attached to an aromatic ring is 1. The van der Waals surface area contributed by atoms with E-state index in [0.29, 0.717) is 24.7 Å². The Hall–Kier alpha value is -1.25. The molecule has 1 fully saturated rings. The number of sulfone groups is 1. The summed E-state index contributed by atoms with van der Waals surface area (Å²) < 4.78 is 23.2. The van der Waals surface area contributed by atoms with E-state index in [2.05, 4.69) is 14.9 Å². The molecule has 20 heavy (non-hydrogen) atoms. The Labute approximate surface area is 121 Å². The van der Waals surface area contributed by atoms with Crippen molar-refractivity contribution in [1.82, 2.24) is 14.9 Å². The first-order valence-corrected chi connectivity index (χ1v) is 9.09. The van der Waals surface area contributed by atoms with Crippen molar-refractivity contribution >= 4 is 37.2 Å². The fourth-order valence-electron chi connectivity index (χ4n) is 2.44. The fraction of sp³-hybridized carbons (Fsp3) is 0.500. The van der Waals surface area contributed by atoms with Crippen LogP contribution in [0.15, 0.2) is 11.4 Å². The van der Waals surface area contributed by atoms with E-state index in [1.807, 2.05) is 18.4 Å². The molecule has 6 nitrogen and oxygen atoms in total. The molecule has 0 spiro atoms. The summed E-state index contributed by atoms with van der Waals surface area (Å²) in [5, 5.41) is 2.82. The van der Waals surface area contributed by atoms with Gasteiger partial charge >= 0.3 is 0 Å². The van der Waals surface area contributed by atoms with Gasteiger partial charge in [-0.05, 0) is 18.4 Å². The quantitative estimate of drug-likeness (QED) is 0.886. The Morgan fingerprint density at radius 1 is 1.50 bits per heavy atom. The van der Waals surface area contributed by atoms with Gasteiger partial charge in [0.25, 0.3) is 0 Å². The first-order valence-electron chi connectivity index (χ1n) is 6.39. The van der Waals surface area contributed by atoms with E-state index in [4.69, 9.17) is 5.73 Å². The lowest BCUT2D eigenvalue weighted by Gasteiger charge is -2.32. The lowest BCUT2D eigenvalue weighted by molar-refractivity contribution is 0.213. The van der Waals surface area contributed by atoms with Crippen LogP contribution in [0, 0.1) is 0 Å². The normalized spacial score (nSPS) is 23.1. The highest BCUT2D eigenvalue weighted by Gasteiger charge is 2.28. The lowest BCUT2D eigenvalue weighted by atomic mass is 10.3. The van der Waals surface area contributed by atoms with Gasteiger partial charge in [-0.15, -0.1) is 11.3 Å². The molecule has 2 N–H and O–H groups in total. The van der Waals surface area contributed by atoms with Crippen molar-refractivity contribution in [2.45, 2.75) is 19.5 Å². The Kier molecular flexibility index (Phi) is 3.39. The average molecular weight is 312 g/mol. The highest BCUT2D eigenvalue weighted by molar-refractivity contribution is 7.91. The molecule has 8 heteroatoms. The van der Waals surface area contributed by atoms with Crippen LogP contribution in [0.3, 0.4) is 0 Å². The van der Waals surface area contributed by atoms with Crippen molar-refractivity contribution in [3.8, 4) is 0 Å². The molecule has 0 saturated carbocycles. The van der Waals surface area contributed by atoms with Gasteiger partial charge in [0.05, 0.1) is 23.4 Å². The molecule has 0 amide bonds. The molecule has 2 aromatic heterocycles. The molecule has 1 aliphatic rings. The van der Waals surface area contributed by atoms with Crippen LogP contribution >= 0.6 is 11.3 Å². The maximum Gasteiger partial charge on any atom is 0.153 e. The molecule has 0 aromatic carbocycles. The van der Waals surface area contributed by atoms with Gasteiger partial charge < -0.3 is 5.73 Å². The Morgan fingerprint density at radius 3 is 3.05 bits per heavy atom. The second-order valence-corrected chi connectivity index (χ2v) is 8.22. The number of fused-ring (bicyclic) bond motifs is 1. The van der Waals surface area contributed by atoms with Crippen molar-refractivity contribution < 1.29 is 8.42 Å². The largest absolute Gasteiger partial charge is 0.383 e.